The van der Waals surface area contributed by atoms with Gasteiger partial charge < -0.3 is 11.1 Å². The maximum Gasteiger partial charge on any atom is 0.0340 e. The van der Waals surface area contributed by atoms with E-state index < -0.39 is 0 Å². The minimum atomic E-state index is 0.757. The van der Waals surface area contributed by atoms with Gasteiger partial charge in [0.2, 0.25) is 0 Å². The van der Waals surface area contributed by atoms with Crippen LogP contribution in [0.15, 0.2) is 24.3 Å². The molecule has 0 spiro atoms. The van der Waals surface area contributed by atoms with Crippen LogP contribution in [-0.2, 0) is 0 Å². The van der Waals surface area contributed by atoms with Gasteiger partial charge in [-0.05, 0) is 49.4 Å². The van der Waals surface area contributed by atoms with E-state index in [1.807, 2.05) is 0 Å². The largest absolute Gasteiger partial charge is 0.385 e. The first kappa shape index (κ1) is 12.4. The first-order valence-electron chi connectivity index (χ1n) is 6.94. The van der Waals surface area contributed by atoms with Gasteiger partial charge in [0.05, 0.1) is 0 Å². The van der Waals surface area contributed by atoms with Crippen LogP contribution in [0, 0.1) is 0 Å². The summed E-state index contributed by atoms with van der Waals surface area (Å²) in [6, 6.07) is 9.00. The second kappa shape index (κ2) is 6.65. The summed E-state index contributed by atoms with van der Waals surface area (Å²) >= 11 is 0. The lowest BCUT2D eigenvalue weighted by Gasteiger charge is -2.22. The quantitative estimate of drug-likeness (QED) is 0.763. The third-order valence-corrected chi connectivity index (χ3v) is 3.70. The Kier molecular flexibility index (Phi) is 4.87. The third-order valence-electron chi connectivity index (χ3n) is 3.70. The molecule has 0 bridgehead atoms. The molecule has 2 rings (SSSR count). The number of benzene rings is 1. The van der Waals surface area contributed by atoms with Gasteiger partial charge in [0.15, 0.2) is 0 Å². The fourth-order valence-electron chi connectivity index (χ4n) is 2.64. The van der Waals surface area contributed by atoms with E-state index >= 15 is 0 Å². The molecule has 17 heavy (non-hydrogen) atoms. The predicted octanol–water partition coefficient (Wildman–Crippen LogP) is 3.50. The van der Waals surface area contributed by atoms with Gasteiger partial charge in [0.25, 0.3) is 0 Å². The Morgan fingerprint density at radius 3 is 2.41 bits per heavy atom. The Bertz CT molecular complexity index is 312. The van der Waals surface area contributed by atoms with Crippen LogP contribution >= 0.6 is 0 Å². The number of nitrogens with two attached hydrogens (primary N) is 1. The van der Waals surface area contributed by atoms with Crippen LogP contribution in [0.4, 0.5) is 5.69 Å². The summed E-state index contributed by atoms with van der Waals surface area (Å²) in [6.45, 7) is 1.73. The fraction of sp³-hybridized carbons (Fsp3) is 0.600. The predicted molar refractivity (Wildman–Crippen MR) is 74.4 cm³/mol. The summed E-state index contributed by atoms with van der Waals surface area (Å²) in [5.74, 6) is 0.807. The van der Waals surface area contributed by atoms with E-state index in [-0.39, 0.29) is 0 Å². The summed E-state index contributed by atoms with van der Waals surface area (Å²) in [5.41, 5.74) is 8.22. The minimum absolute atomic E-state index is 0.757. The summed E-state index contributed by atoms with van der Waals surface area (Å²) in [7, 11) is 0. The van der Waals surface area contributed by atoms with Crippen molar-refractivity contribution in [3.8, 4) is 0 Å². The van der Waals surface area contributed by atoms with Gasteiger partial charge in [0, 0.05) is 12.2 Å². The van der Waals surface area contributed by atoms with Crippen LogP contribution in [0.25, 0.3) is 0 Å². The Morgan fingerprint density at radius 2 is 1.76 bits per heavy atom. The summed E-state index contributed by atoms with van der Waals surface area (Å²) in [6.07, 6.45) is 8.02. The SMILES string of the molecule is NCCCNc1ccc(C2CCCCC2)cc1. The first-order chi connectivity index (χ1) is 8.40. The molecule has 94 valence electrons. The molecule has 0 radical (unpaired) electrons. The van der Waals surface area contributed by atoms with Crippen LogP contribution in [0.5, 0.6) is 0 Å². The van der Waals surface area contributed by atoms with Gasteiger partial charge in [-0.3, -0.25) is 0 Å². The highest BCUT2D eigenvalue weighted by Crippen LogP contribution is 2.32. The molecule has 0 atom stereocenters. The number of hydrogen-bond acceptors (Lipinski definition) is 2. The van der Waals surface area contributed by atoms with Gasteiger partial charge >= 0.3 is 0 Å². The molecule has 1 aliphatic carbocycles. The monoisotopic (exact) mass is 232 g/mol. The van der Waals surface area contributed by atoms with E-state index in [1.54, 1.807) is 0 Å². The van der Waals surface area contributed by atoms with Crippen LogP contribution < -0.4 is 11.1 Å². The Balaban J connectivity index is 1.88. The maximum atomic E-state index is 5.47. The third kappa shape index (κ3) is 3.74. The van der Waals surface area contributed by atoms with Crippen LogP contribution in [0.3, 0.4) is 0 Å². The highest BCUT2D eigenvalue weighted by Gasteiger charge is 2.14. The van der Waals surface area contributed by atoms with Crippen molar-refractivity contribution in [3.63, 3.8) is 0 Å². The molecule has 3 N–H and O–H groups in total. The molecular weight excluding hydrogens is 208 g/mol. The van der Waals surface area contributed by atoms with Crippen molar-refractivity contribution in [2.45, 2.75) is 44.4 Å². The van der Waals surface area contributed by atoms with Crippen molar-refractivity contribution in [3.05, 3.63) is 29.8 Å². The molecule has 1 aromatic rings. The molecule has 0 heterocycles. The molecular formula is C15H24N2. The molecule has 1 aromatic carbocycles. The lowest BCUT2D eigenvalue weighted by molar-refractivity contribution is 0.443. The van der Waals surface area contributed by atoms with Gasteiger partial charge in [-0.15, -0.1) is 0 Å². The first-order valence-corrected chi connectivity index (χ1v) is 6.94. The zero-order valence-electron chi connectivity index (χ0n) is 10.6. The Labute approximate surface area is 105 Å². The van der Waals surface area contributed by atoms with E-state index in [9.17, 15) is 0 Å². The van der Waals surface area contributed by atoms with E-state index in [0.717, 1.165) is 25.4 Å². The molecule has 0 unspecified atom stereocenters. The zero-order valence-corrected chi connectivity index (χ0v) is 10.6. The van der Waals surface area contributed by atoms with Crippen molar-refractivity contribution in [1.29, 1.82) is 0 Å². The van der Waals surface area contributed by atoms with E-state index in [0.29, 0.717) is 0 Å². The second-order valence-electron chi connectivity index (χ2n) is 5.03. The van der Waals surface area contributed by atoms with E-state index in [1.165, 1.54) is 43.4 Å². The molecule has 0 amide bonds. The highest BCUT2D eigenvalue weighted by molar-refractivity contribution is 5.45. The minimum Gasteiger partial charge on any atom is -0.385 e. The molecule has 2 nitrogen and oxygen atoms in total. The highest BCUT2D eigenvalue weighted by atomic mass is 14.9. The average molecular weight is 232 g/mol. The van der Waals surface area contributed by atoms with Crippen molar-refractivity contribution in [2.24, 2.45) is 5.73 Å². The fourth-order valence-corrected chi connectivity index (χ4v) is 2.64. The lowest BCUT2D eigenvalue weighted by Crippen LogP contribution is -2.08. The second-order valence-corrected chi connectivity index (χ2v) is 5.03. The van der Waals surface area contributed by atoms with Crippen LogP contribution in [0.1, 0.15) is 50.0 Å². The van der Waals surface area contributed by atoms with Gasteiger partial charge in [-0.25, -0.2) is 0 Å². The van der Waals surface area contributed by atoms with Crippen molar-refractivity contribution < 1.29 is 0 Å². The Hall–Kier alpha value is -1.02. The number of rotatable bonds is 5. The smallest absolute Gasteiger partial charge is 0.0340 e. The van der Waals surface area contributed by atoms with Gasteiger partial charge in [0.1, 0.15) is 0 Å². The molecule has 2 heteroatoms. The maximum absolute atomic E-state index is 5.47. The molecule has 0 aromatic heterocycles. The molecule has 1 fully saturated rings. The van der Waals surface area contributed by atoms with Crippen LogP contribution in [-0.4, -0.2) is 13.1 Å². The van der Waals surface area contributed by atoms with E-state index in [2.05, 4.69) is 29.6 Å². The Morgan fingerprint density at radius 1 is 1.06 bits per heavy atom. The average Bonchev–Trinajstić information content (AvgIpc) is 2.41. The molecule has 0 saturated heterocycles. The van der Waals surface area contributed by atoms with Crippen molar-refractivity contribution in [1.82, 2.24) is 0 Å². The molecule has 1 saturated carbocycles. The zero-order chi connectivity index (χ0) is 11.9. The summed E-state index contributed by atoms with van der Waals surface area (Å²) in [4.78, 5) is 0. The number of hydrogen-bond donors (Lipinski definition) is 2. The van der Waals surface area contributed by atoms with E-state index in [4.69, 9.17) is 5.73 Å². The van der Waals surface area contributed by atoms with Gasteiger partial charge in [-0.2, -0.15) is 0 Å². The topological polar surface area (TPSA) is 38.0 Å². The molecule has 1 aliphatic rings. The van der Waals surface area contributed by atoms with Crippen LogP contribution in [0.2, 0.25) is 0 Å². The van der Waals surface area contributed by atoms with Crippen molar-refractivity contribution >= 4 is 5.69 Å². The van der Waals surface area contributed by atoms with Crippen molar-refractivity contribution in [2.75, 3.05) is 18.4 Å². The standard InChI is InChI=1S/C15H24N2/c16-11-4-12-17-15-9-7-14(8-10-15)13-5-2-1-3-6-13/h7-10,13,17H,1-6,11-12,16H2. The number of anilines is 1. The van der Waals surface area contributed by atoms with Gasteiger partial charge in [-0.1, -0.05) is 31.4 Å². The molecule has 0 aliphatic heterocycles. The number of nitrogens with one attached hydrogen (secondary N) is 1. The normalized spacial score (nSPS) is 17.0. The summed E-state index contributed by atoms with van der Waals surface area (Å²) < 4.78 is 0. The summed E-state index contributed by atoms with van der Waals surface area (Å²) in [5, 5.41) is 3.40. The lowest BCUT2D eigenvalue weighted by atomic mass is 9.84.